The summed E-state index contributed by atoms with van der Waals surface area (Å²) in [5, 5.41) is 25.8. The number of aryl methyl sites for hydroxylation is 1. The lowest BCUT2D eigenvalue weighted by Gasteiger charge is -2.12. The minimum absolute atomic E-state index is 0.154. The molecule has 5 N–H and O–H groups in total. The van der Waals surface area contributed by atoms with Crippen LogP contribution >= 0.6 is 0 Å². The Morgan fingerprint density at radius 1 is 1.04 bits per heavy atom. The van der Waals surface area contributed by atoms with Gasteiger partial charge in [0.25, 0.3) is 0 Å². The van der Waals surface area contributed by atoms with Gasteiger partial charge in [0.2, 0.25) is 0 Å². The second-order valence-corrected chi connectivity index (χ2v) is 5.73. The van der Waals surface area contributed by atoms with E-state index in [1.165, 1.54) is 12.1 Å². The number of carbonyl (C=O) groups excluding carboxylic acids is 1. The van der Waals surface area contributed by atoms with E-state index in [2.05, 4.69) is 4.84 Å². The van der Waals surface area contributed by atoms with Crippen molar-refractivity contribution >= 4 is 5.97 Å². The van der Waals surface area contributed by atoms with Crippen molar-refractivity contribution < 1.29 is 29.9 Å². The highest BCUT2D eigenvalue weighted by molar-refractivity contribution is 5.78. The van der Waals surface area contributed by atoms with Crippen LogP contribution in [0.25, 0.3) is 0 Å². The Morgan fingerprint density at radius 2 is 1.65 bits per heavy atom. The number of hydrogen-bond donors (Lipinski definition) is 4. The molecule has 2 aromatic rings. The first-order valence-electron chi connectivity index (χ1n) is 8.09. The number of nitrogens with zero attached hydrogens (tertiary/aromatic N) is 1. The summed E-state index contributed by atoms with van der Waals surface area (Å²) in [5.41, 5.74) is 7.69. The summed E-state index contributed by atoms with van der Waals surface area (Å²) < 4.78 is 5.27. The van der Waals surface area contributed by atoms with E-state index in [4.69, 9.17) is 20.9 Å². The van der Waals surface area contributed by atoms with Crippen LogP contribution in [0.3, 0.4) is 0 Å². The third-order valence-electron chi connectivity index (χ3n) is 3.65. The van der Waals surface area contributed by atoms with Gasteiger partial charge in [-0.3, -0.25) is 15.3 Å². The van der Waals surface area contributed by atoms with E-state index in [0.29, 0.717) is 25.0 Å². The van der Waals surface area contributed by atoms with Gasteiger partial charge in [-0.05, 0) is 54.7 Å². The Bertz CT molecular complexity index is 688. The van der Waals surface area contributed by atoms with Gasteiger partial charge in [0.1, 0.15) is 17.5 Å². The maximum atomic E-state index is 12.1. The van der Waals surface area contributed by atoms with Crippen LogP contribution < -0.4 is 10.5 Å². The van der Waals surface area contributed by atoms with Crippen molar-refractivity contribution in [3.63, 3.8) is 0 Å². The van der Waals surface area contributed by atoms with Gasteiger partial charge in [-0.2, -0.15) is 0 Å². The van der Waals surface area contributed by atoms with E-state index >= 15 is 0 Å². The molecule has 0 saturated carbocycles. The van der Waals surface area contributed by atoms with Crippen LogP contribution in [-0.2, 0) is 22.5 Å². The molecule has 0 aromatic heterocycles. The normalized spacial score (nSPS) is 12.2. The highest BCUT2D eigenvalue weighted by Gasteiger charge is 2.16. The molecule has 0 fully saturated rings. The van der Waals surface area contributed by atoms with Crippen molar-refractivity contribution in [1.29, 1.82) is 0 Å². The van der Waals surface area contributed by atoms with Crippen molar-refractivity contribution in [2.75, 3.05) is 6.61 Å². The fraction of sp³-hybridized carbons (Fsp3) is 0.278. The van der Waals surface area contributed by atoms with Crippen LogP contribution in [0.5, 0.6) is 11.5 Å². The van der Waals surface area contributed by atoms with Gasteiger partial charge >= 0.3 is 5.97 Å². The van der Waals surface area contributed by atoms with E-state index in [1.54, 1.807) is 24.3 Å². The van der Waals surface area contributed by atoms with Crippen LogP contribution in [0.2, 0.25) is 0 Å². The molecule has 1 unspecified atom stereocenters. The number of phenols is 1. The molecule has 0 radical (unpaired) electrons. The standard InChI is InChI=1S/C18H22N2O6/c19-17(12-14-3-7-15(21)8-4-14)18(22)26-16-9-5-13(6-10-16)2-1-11-25-20(23)24/h3-10,17,21,23-24H,1-2,11-12,19H2. The van der Waals surface area contributed by atoms with Crippen molar-refractivity contribution in [2.45, 2.75) is 25.3 Å². The Hall–Kier alpha value is -2.49. The molecule has 0 bridgehead atoms. The summed E-state index contributed by atoms with van der Waals surface area (Å²) in [7, 11) is 0. The number of rotatable bonds is 9. The average Bonchev–Trinajstić information content (AvgIpc) is 2.62. The fourth-order valence-corrected chi connectivity index (χ4v) is 2.31. The molecule has 2 rings (SSSR count). The molecule has 0 heterocycles. The second-order valence-electron chi connectivity index (χ2n) is 5.73. The molecule has 0 spiro atoms. The number of benzene rings is 2. The molecular formula is C18H22N2O6. The largest absolute Gasteiger partial charge is 0.508 e. The SMILES string of the molecule is NC(Cc1ccc(O)cc1)C(=O)Oc1ccc(CCCON(O)O)cc1. The molecule has 2 aromatic carbocycles. The van der Waals surface area contributed by atoms with E-state index in [1.807, 2.05) is 12.1 Å². The van der Waals surface area contributed by atoms with Gasteiger partial charge < -0.3 is 15.6 Å². The molecule has 0 aliphatic heterocycles. The predicted octanol–water partition coefficient (Wildman–Crippen LogP) is 1.81. The lowest BCUT2D eigenvalue weighted by molar-refractivity contribution is -0.492. The van der Waals surface area contributed by atoms with Crippen LogP contribution in [0, 0.1) is 0 Å². The number of esters is 1. The Morgan fingerprint density at radius 3 is 2.27 bits per heavy atom. The van der Waals surface area contributed by atoms with Crippen LogP contribution in [-0.4, -0.2) is 39.5 Å². The van der Waals surface area contributed by atoms with Gasteiger partial charge in [0.15, 0.2) is 0 Å². The monoisotopic (exact) mass is 362 g/mol. The Kier molecular flexibility index (Phi) is 7.52. The third kappa shape index (κ3) is 6.79. The van der Waals surface area contributed by atoms with E-state index in [9.17, 15) is 9.90 Å². The number of ether oxygens (including phenoxy) is 1. The summed E-state index contributed by atoms with van der Waals surface area (Å²) in [6.45, 7) is 0.163. The van der Waals surface area contributed by atoms with Gasteiger partial charge in [0, 0.05) is 0 Å². The molecule has 1 atom stereocenters. The third-order valence-corrected chi connectivity index (χ3v) is 3.65. The zero-order valence-electron chi connectivity index (χ0n) is 14.1. The topological polar surface area (TPSA) is 125 Å². The summed E-state index contributed by atoms with van der Waals surface area (Å²) >= 11 is 0. The zero-order chi connectivity index (χ0) is 18.9. The molecule has 8 nitrogen and oxygen atoms in total. The fourth-order valence-electron chi connectivity index (χ4n) is 2.31. The van der Waals surface area contributed by atoms with E-state index in [-0.39, 0.29) is 17.7 Å². The maximum absolute atomic E-state index is 12.1. The number of phenolic OH excluding ortho intramolecular Hbond substituents is 1. The molecule has 0 aliphatic rings. The van der Waals surface area contributed by atoms with Gasteiger partial charge in [-0.25, -0.2) is 4.79 Å². The highest BCUT2D eigenvalue weighted by atomic mass is 17.1. The van der Waals surface area contributed by atoms with Crippen molar-refractivity contribution in [1.82, 2.24) is 5.39 Å². The second kappa shape index (κ2) is 9.85. The number of carbonyl (C=O) groups is 1. The molecule has 26 heavy (non-hydrogen) atoms. The minimum atomic E-state index is -0.809. The quantitative estimate of drug-likeness (QED) is 0.230. The number of hydrogen-bond acceptors (Lipinski definition) is 8. The molecular weight excluding hydrogens is 340 g/mol. The molecule has 0 amide bonds. The Balaban J connectivity index is 1.79. The summed E-state index contributed by atoms with van der Waals surface area (Å²) in [4.78, 5) is 16.5. The lowest BCUT2D eigenvalue weighted by atomic mass is 10.1. The van der Waals surface area contributed by atoms with Crippen molar-refractivity contribution in [3.05, 3.63) is 59.7 Å². The Labute approximate surface area is 150 Å². The molecule has 140 valence electrons. The number of nitrogens with two attached hydrogens (primary N) is 1. The van der Waals surface area contributed by atoms with E-state index in [0.717, 1.165) is 11.1 Å². The van der Waals surface area contributed by atoms with Crippen LogP contribution in [0.15, 0.2) is 48.5 Å². The summed E-state index contributed by atoms with van der Waals surface area (Å²) in [6, 6.07) is 12.6. The zero-order valence-corrected chi connectivity index (χ0v) is 14.1. The van der Waals surface area contributed by atoms with Crippen molar-refractivity contribution in [3.8, 4) is 11.5 Å². The van der Waals surface area contributed by atoms with Gasteiger partial charge in [0.05, 0.1) is 12.0 Å². The summed E-state index contributed by atoms with van der Waals surface area (Å²) in [6.07, 6.45) is 1.57. The molecule has 8 heteroatoms. The molecule has 0 saturated heterocycles. The number of aromatic hydroxyl groups is 1. The van der Waals surface area contributed by atoms with Gasteiger partial charge in [-0.1, -0.05) is 24.3 Å². The van der Waals surface area contributed by atoms with E-state index < -0.39 is 12.0 Å². The van der Waals surface area contributed by atoms with Crippen LogP contribution in [0.4, 0.5) is 0 Å². The average molecular weight is 362 g/mol. The predicted molar refractivity (Wildman–Crippen MR) is 91.5 cm³/mol. The summed E-state index contributed by atoms with van der Waals surface area (Å²) in [5.74, 6) is 0.0138. The first-order valence-corrected chi connectivity index (χ1v) is 8.09. The van der Waals surface area contributed by atoms with Crippen molar-refractivity contribution in [2.24, 2.45) is 5.73 Å². The lowest BCUT2D eigenvalue weighted by Crippen LogP contribution is -2.36. The van der Waals surface area contributed by atoms with Gasteiger partial charge in [-0.15, -0.1) is 0 Å². The molecule has 0 aliphatic carbocycles. The maximum Gasteiger partial charge on any atom is 0.328 e. The first kappa shape index (κ1) is 19.8. The smallest absolute Gasteiger partial charge is 0.328 e. The highest BCUT2D eigenvalue weighted by Crippen LogP contribution is 2.15. The first-order chi connectivity index (χ1) is 12.4. The minimum Gasteiger partial charge on any atom is -0.508 e. The van der Waals surface area contributed by atoms with Crippen LogP contribution in [0.1, 0.15) is 17.5 Å².